The number of nitrogens with zero attached hydrogens (tertiary/aromatic N) is 3. The highest BCUT2D eigenvalue weighted by Gasteiger charge is 2.17. The Bertz CT molecular complexity index is 670. The molecule has 0 unspecified atom stereocenters. The van der Waals surface area contributed by atoms with Crippen molar-refractivity contribution in [3.05, 3.63) is 51.4 Å². The fourth-order valence-electron chi connectivity index (χ4n) is 1.47. The molecule has 0 aliphatic rings. The molecule has 0 saturated carbocycles. The predicted octanol–water partition coefficient (Wildman–Crippen LogP) is 1.36. The lowest BCUT2D eigenvalue weighted by Gasteiger charge is -2.02. The van der Waals surface area contributed by atoms with Crippen molar-refractivity contribution in [2.24, 2.45) is 0 Å². The van der Waals surface area contributed by atoms with Crippen LogP contribution in [-0.2, 0) is 6.54 Å². The van der Waals surface area contributed by atoms with Crippen LogP contribution in [0.3, 0.4) is 0 Å². The average molecular weight is 280 g/mol. The van der Waals surface area contributed by atoms with Gasteiger partial charge < -0.3 is 9.84 Å². The van der Waals surface area contributed by atoms with Crippen molar-refractivity contribution in [1.82, 2.24) is 15.5 Å². The summed E-state index contributed by atoms with van der Waals surface area (Å²) in [5, 5.41) is 16.4. The van der Waals surface area contributed by atoms with Crippen LogP contribution >= 0.6 is 0 Å². The smallest absolute Gasteiger partial charge is 0.304 e. The molecule has 0 aliphatic heterocycles. The third kappa shape index (κ3) is 2.94. The minimum Gasteiger partial charge on any atom is -0.343 e. The standard InChI is InChI=1S/C11H9FN4O4/c1-6-14-10(20-15-6)5-13-11(17)7-2-3-9(16(18)19)8(12)4-7/h2-4H,5H2,1H3,(H,13,17). The molecule has 104 valence electrons. The molecule has 1 amide bonds. The number of aryl methyl sites for hydroxylation is 1. The Morgan fingerprint density at radius 2 is 2.30 bits per heavy atom. The Morgan fingerprint density at radius 3 is 2.85 bits per heavy atom. The van der Waals surface area contributed by atoms with E-state index in [0.717, 1.165) is 18.2 Å². The van der Waals surface area contributed by atoms with E-state index in [9.17, 15) is 19.3 Å². The first kappa shape index (κ1) is 13.6. The Morgan fingerprint density at radius 1 is 1.55 bits per heavy atom. The molecule has 0 saturated heterocycles. The van der Waals surface area contributed by atoms with Crippen molar-refractivity contribution in [1.29, 1.82) is 0 Å². The van der Waals surface area contributed by atoms with Crippen molar-refractivity contribution in [2.75, 3.05) is 0 Å². The molecule has 0 atom stereocenters. The van der Waals surface area contributed by atoms with Crippen LogP contribution in [0.2, 0.25) is 0 Å². The third-order valence-corrected chi connectivity index (χ3v) is 2.38. The third-order valence-electron chi connectivity index (χ3n) is 2.38. The van der Waals surface area contributed by atoms with Gasteiger partial charge in [0.1, 0.15) is 0 Å². The van der Waals surface area contributed by atoms with E-state index >= 15 is 0 Å². The number of benzene rings is 1. The van der Waals surface area contributed by atoms with E-state index in [-0.39, 0.29) is 18.0 Å². The number of aromatic nitrogens is 2. The van der Waals surface area contributed by atoms with Gasteiger partial charge in [0, 0.05) is 11.6 Å². The highest BCUT2D eigenvalue weighted by Crippen LogP contribution is 2.17. The Labute approximate surface area is 111 Å². The quantitative estimate of drug-likeness (QED) is 0.668. The van der Waals surface area contributed by atoms with Gasteiger partial charge in [0.25, 0.3) is 5.91 Å². The van der Waals surface area contributed by atoms with E-state index in [1.165, 1.54) is 0 Å². The summed E-state index contributed by atoms with van der Waals surface area (Å²) in [7, 11) is 0. The molecule has 1 N–H and O–H groups in total. The molecule has 0 radical (unpaired) electrons. The second kappa shape index (κ2) is 5.43. The van der Waals surface area contributed by atoms with Crippen LogP contribution < -0.4 is 5.32 Å². The first-order chi connectivity index (χ1) is 9.47. The minimum absolute atomic E-state index is 0.0156. The van der Waals surface area contributed by atoms with E-state index < -0.39 is 22.3 Å². The van der Waals surface area contributed by atoms with Gasteiger partial charge >= 0.3 is 5.69 Å². The van der Waals surface area contributed by atoms with Crippen molar-refractivity contribution < 1.29 is 18.6 Å². The van der Waals surface area contributed by atoms with Crippen molar-refractivity contribution in [3.8, 4) is 0 Å². The lowest BCUT2D eigenvalue weighted by molar-refractivity contribution is -0.387. The Hall–Kier alpha value is -2.84. The number of nitro benzene ring substituents is 1. The van der Waals surface area contributed by atoms with Gasteiger partial charge in [-0.05, 0) is 19.1 Å². The maximum absolute atomic E-state index is 13.4. The zero-order valence-corrected chi connectivity index (χ0v) is 10.3. The molecule has 2 rings (SSSR count). The van der Waals surface area contributed by atoms with Gasteiger partial charge in [0.2, 0.25) is 11.7 Å². The molecule has 9 heteroatoms. The minimum atomic E-state index is -1.07. The number of carbonyl (C=O) groups is 1. The summed E-state index contributed by atoms with van der Waals surface area (Å²) in [6.07, 6.45) is 0. The number of nitrogens with one attached hydrogen (secondary N) is 1. The second-order valence-corrected chi connectivity index (χ2v) is 3.84. The molecular weight excluding hydrogens is 271 g/mol. The molecule has 1 aromatic carbocycles. The fourth-order valence-corrected chi connectivity index (χ4v) is 1.47. The SMILES string of the molecule is Cc1noc(CNC(=O)c2ccc([N+](=O)[O-])c(F)c2)n1. The highest BCUT2D eigenvalue weighted by atomic mass is 19.1. The van der Waals surface area contributed by atoms with E-state index in [2.05, 4.69) is 15.5 Å². The molecule has 20 heavy (non-hydrogen) atoms. The van der Waals surface area contributed by atoms with Crippen LogP contribution in [0.5, 0.6) is 0 Å². The van der Waals surface area contributed by atoms with Gasteiger partial charge in [-0.25, -0.2) is 0 Å². The van der Waals surface area contributed by atoms with Gasteiger partial charge in [-0.15, -0.1) is 0 Å². The maximum atomic E-state index is 13.4. The van der Waals surface area contributed by atoms with Gasteiger partial charge in [-0.2, -0.15) is 9.37 Å². The van der Waals surface area contributed by atoms with Gasteiger partial charge in [0.15, 0.2) is 5.82 Å². The lowest BCUT2D eigenvalue weighted by atomic mass is 10.2. The van der Waals surface area contributed by atoms with Crippen LogP contribution in [-0.4, -0.2) is 21.0 Å². The molecular formula is C11H9FN4O4. The first-order valence-electron chi connectivity index (χ1n) is 5.48. The summed E-state index contributed by atoms with van der Waals surface area (Å²) in [4.78, 5) is 25.2. The maximum Gasteiger partial charge on any atom is 0.304 e. The molecule has 0 aliphatic carbocycles. The number of amides is 1. The monoisotopic (exact) mass is 280 g/mol. The summed E-state index contributed by atoms with van der Waals surface area (Å²) in [6, 6.07) is 2.89. The normalized spacial score (nSPS) is 10.3. The van der Waals surface area contributed by atoms with E-state index in [1.54, 1.807) is 6.92 Å². The van der Waals surface area contributed by atoms with Gasteiger partial charge in [-0.3, -0.25) is 14.9 Å². The number of nitro groups is 1. The van der Waals surface area contributed by atoms with Crippen molar-refractivity contribution >= 4 is 11.6 Å². The predicted molar refractivity (Wildman–Crippen MR) is 63.3 cm³/mol. The molecule has 1 heterocycles. The molecule has 0 fully saturated rings. The molecule has 0 bridgehead atoms. The van der Waals surface area contributed by atoms with Crippen LogP contribution in [0.25, 0.3) is 0 Å². The van der Waals surface area contributed by atoms with Crippen molar-refractivity contribution in [3.63, 3.8) is 0 Å². The largest absolute Gasteiger partial charge is 0.343 e. The number of carbonyl (C=O) groups excluding carboxylic acids is 1. The van der Waals surface area contributed by atoms with Crippen LogP contribution in [0.1, 0.15) is 22.1 Å². The summed E-state index contributed by atoms with van der Waals surface area (Å²) in [6.45, 7) is 1.61. The number of hydrogen-bond donors (Lipinski definition) is 1. The summed E-state index contributed by atoms with van der Waals surface area (Å²) in [5.74, 6) is -1.04. The molecule has 8 nitrogen and oxygen atoms in total. The van der Waals surface area contributed by atoms with Gasteiger partial charge in [-0.1, -0.05) is 5.16 Å². The second-order valence-electron chi connectivity index (χ2n) is 3.84. The van der Waals surface area contributed by atoms with E-state index in [1.807, 2.05) is 0 Å². The van der Waals surface area contributed by atoms with E-state index in [4.69, 9.17) is 4.52 Å². The van der Waals surface area contributed by atoms with Crippen molar-refractivity contribution in [2.45, 2.75) is 13.5 Å². The lowest BCUT2D eigenvalue weighted by Crippen LogP contribution is -2.23. The zero-order valence-electron chi connectivity index (χ0n) is 10.3. The summed E-state index contributed by atoms with van der Waals surface area (Å²) >= 11 is 0. The number of rotatable bonds is 4. The topological polar surface area (TPSA) is 111 Å². The van der Waals surface area contributed by atoms with Crippen LogP contribution in [0, 0.1) is 22.9 Å². The van der Waals surface area contributed by atoms with Crippen LogP contribution in [0.4, 0.5) is 10.1 Å². The molecule has 2 aromatic rings. The molecule has 1 aromatic heterocycles. The fraction of sp³-hybridized carbons (Fsp3) is 0.182. The number of halogens is 1. The summed E-state index contributed by atoms with van der Waals surface area (Å²) < 4.78 is 18.2. The Kier molecular flexibility index (Phi) is 3.69. The molecule has 0 spiro atoms. The van der Waals surface area contributed by atoms with Crippen LogP contribution in [0.15, 0.2) is 22.7 Å². The Balaban J connectivity index is 2.06. The van der Waals surface area contributed by atoms with E-state index in [0.29, 0.717) is 5.82 Å². The summed E-state index contributed by atoms with van der Waals surface area (Å²) in [5.41, 5.74) is -0.724. The highest BCUT2D eigenvalue weighted by molar-refractivity contribution is 5.94. The van der Waals surface area contributed by atoms with Gasteiger partial charge in [0.05, 0.1) is 11.5 Å². The first-order valence-corrected chi connectivity index (χ1v) is 5.48. The zero-order chi connectivity index (χ0) is 14.7. The number of hydrogen-bond acceptors (Lipinski definition) is 6. The average Bonchev–Trinajstić information content (AvgIpc) is 2.81.